The third-order valence-electron chi connectivity index (χ3n) is 5.19. The van der Waals surface area contributed by atoms with Gasteiger partial charge in [-0.1, -0.05) is 70.2 Å². The van der Waals surface area contributed by atoms with Gasteiger partial charge in [-0.05, 0) is 45.3 Å². The van der Waals surface area contributed by atoms with Gasteiger partial charge in [0.2, 0.25) is 0 Å². The summed E-state index contributed by atoms with van der Waals surface area (Å²) in [7, 11) is 0. The molecule has 2 N–H and O–H groups in total. The van der Waals surface area contributed by atoms with Crippen molar-refractivity contribution in [1.29, 1.82) is 0 Å². The smallest absolute Gasteiger partial charge is 0.128 e. The van der Waals surface area contributed by atoms with E-state index in [2.05, 4.69) is 45.3 Å². The molecular formula is C25H40FN3. The molecule has 0 heterocycles. The first-order valence-corrected chi connectivity index (χ1v) is 11.0. The molecule has 0 aromatic heterocycles. The van der Waals surface area contributed by atoms with Gasteiger partial charge in [-0.3, -0.25) is 4.99 Å². The molecule has 0 aliphatic carbocycles. The summed E-state index contributed by atoms with van der Waals surface area (Å²) in [4.78, 5) is 4.80. The highest BCUT2D eigenvalue weighted by Gasteiger charge is 2.05. The standard InChI is InChI=1S/C25H40FN3/c1-7-8-9-10-13-16-27-25(29-22(6)21(5)19(2)3)17-20(4)28-18-23-14-11-12-15-24(23)26/h11-12,14-15,17,19,28H,7-10,13,16,18H2,1-6H3,(H,27,29)/b20-17+,22-21-. The summed E-state index contributed by atoms with van der Waals surface area (Å²) < 4.78 is 13.8. The van der Waals surface area contributed by atoms with Crippen LogP contribution < -0.4 is 10.6 Å². The lowest BCUT2D eigenvalue weighted by Gasteiger charge is -2.15. The van der Waals surface area contributed by atoms with E-state index in [1.807, 2.05) is 19.1 Å². The predicted molar refractivity (Wildman–Crippen MR) is 124 cm³/mol. The molecule has 0 saturated carbocycles. The molecule has 0 unspecified atom stereocenters. The van der Waals surface area contributed by atoms with E-state index in [1.54, 1.807) is 12.1 Å². The molecule has 0 saturated heterocycles. The van der Waals surface area contributed by atoms with Gasteiger partial charge in [0.15, 0.2) is 0 Å². The van der Waals surface area contributed by atoms with E-state index in [4.69, 9.17) is 4.99 Å². The Morgan fingerprint density at radius 2 is 1.76 bits per heavy atom. The number of hydrogen-bond donors (Lipinski definition) is 2. The van der Waals surface area contributed by atoms with Crippen LogP contribution in [0.25, 0.3) is 0 Å². The highest BCUT2D eigenvalue weighted by Crippen LogP contribution is 2.12. The van der Waals surface area contributed by atoms with Crippen LogP contribution in [0.15, 0.2) is 52.3 Å². The van der Waals surface area contributed by atoms with Crippen LogP contribution in [0.4, 0.5) is 4.39 Å². The zero-order valence-corrected chi connectivity index (χ0v) is 19.2. The largest absolute Gasteiger partial charge is 0.384 e. The molecule has 0 bridgehead atoms. The maximum absolute atomic E-state index is 13.8. The Balaban J connectivity index is 2.80. The van der Waals surface area contributed by atoms with Crippen molar-refractivity contribution in [3.63, 3.8) is 0 Å². The van der Waals surface area contributed by atoms with Gasteiger partial charge < -0.3 is 10.6 Å². The van der Waals surface area contributed by atoms with Crippen LogP contribution in [-0.2, 0) is 6.54 Å². The summed E-state index contributed by atoms with van der Waals surface area (Å²) in [6.07, 6.45) is 8.17. The third-order valence-corrected chi connectivity index (χ3v) is 5.19. The van der Waals surface area contributed by atoms with Crippen molar-refractivity contribution >= 4 is 5.84 Å². The fourth-order valence-electron chi connectivity index (χ4n) is 2.89. The second-order valence-electron chi connectivity index (χ2n) is 8.04. The van der Waals surface area contributed by atoms with Crippen molar-refractivity contribution < 1.29 is 4.39 Å². The minimum absolute atomic E-state index is 0.182. The molecule has 0 atom stereocenters. The maximum atomic E-state index is 13.8. The van der Waals surface area contributed by atoms with Crippen molar-refractivity contribution in [3.05, 3.63) is 58.7 Å². The lowest BCUT2D eigenvalue weighted by Crippen LogP contribution is -2.24. The molecule has 0 fully saturated rings. The van der Waals surface area contributed by atoms with Crippen LogP contribution >= 0.6 is 0 Å². The van der Waals surface area contributed by atoms with Crippen LogP contribution in [0.5, 0.6) is 0 Å². The summed E-state index contributed by atoms with van der Waals surface area (Å²) in [5.74, 6) is 1.16. The van der Waals surface area contributed by atoms with E-state index in [0.29, 0.717) is 18.0 Å². The highest BCUT2D eigenvalue weighted by molar-refractivity contribution is 5.94. The Morgan fingerprint density at radius 1 is 1.07 bits per heavy atom. The van der Waals surface area contributed by atoms with Gasteiger partial charge in [-0.25, -0.2) is 4.39 Å². The van der Waals surface area contributed by atoms with Gasteiger partial charge in [0.1, 0.15) is 11.7 Å². The Labute approximate surface area is 177 Å². The lowest BCUT2D eigenvalue weighted by molar-refractivity contribution is 0.601. The Morgan fingerprint density at radius 3 is 2.41 bits per heavy atom. The van der Waals surface area contributed by atoms with E-state index >= 15 is 0 Å². The van der Waals surface area contributed by atoms with Crippen molar-refractivity contribution in [2.75, 3.05) is 6.54 Å². The number of halogens is 1. The van der Waals surface area contributed by atoms with Crippen molar-refractivity contribution in [2.24, 2.45) is 10.9 Å². The molecule has 0 amide bonds. The van der Waals surface area contributed by atoms with E-state index in [1.165, 1.54) is 37.3 Å². The molecule has 162 valence electrons. The van der Waals surface area contributed by atoms with Gasteiger partial charge in [0, 0.05) is 30.0 Å². The summed E-state index contributed by atoms with van der Waals surface area (Å²) in [5.41, 5.74) is 4.09. The number of aliphatic imine (C=N–C) groups is 1. The van der Waals surface area contributed by atoms with E-state index in [-0.39, 0.29) is 5.82 Å². The van der Waals surface area contributed by atoms with Crippen LogP contribution in [-0.4, -0.2) is 12.4 Å². The molecule has 0 radical (unpaired) electrons. The van der Waals surface area contributed by atoms with Gasteiger partial charge in [-0.15, -0.1) is 0 Å². The van der Waals surface area contributed by atoms with Crippen LogP contribution in [0.3, 0.4) is 0 Å². The third kappa shape index (κ3) is 10.3. The quantitative estimate of drug-likeness (QED) is 0.231. The first-order valence-electron chi connectivity index (χ1n) is 11.0. The Hall–Kier alpha value is -2.10. The number of amidine groups is 1. The normalized spacial score (nSPS) is 13.5. The molecule has 1 rings (SSSR count). The van der Waals surface area contributed by atoms with Gasteiger partial charge >= 0.3 is 0 Å². The SMILES string of the molecule is CCCCCCCN=C(/C=C(\C)NCc1ccccc1F)N/C(C)=C(/C)C(C)C. The zero-order chi connectivity index (χ0) is 21.6. The fraction of sp³-hybridized carbons (Fsp3) is 0.560. The molecule has 3 nitrogen and oxygen atoms in total. The average Bonchev–Trinajstić information content (AvgIpc) is 2.69. The molecule has 1 aromatic carbocycles. The molecule has 0 spiro atoms. The van der Waals surface area contributed by atoms with Gasteiger partial charge in [0.05, 0.1) is 0 Å². The Bertz CT molecular complexity index is 702. The lowest BCUT2D eigenvalue weighted by atomic mass is 10.0. The monoisotopic (exact) mass is 401 g/mol. The number of unbranched alkanes of at least 4 members (excludes halogenated alkanes) is 4. The van der Waals surface area contributed by atoms with E-state index < -0.39 is 0 Å². The van der Waals surface area contributed by atoms with Crippen molar-refractivity contribution in [1.82, 2.24) is 10.6 Å². The number of hydrogen-bond acceptors (Lipinski definition) is 2. The number of nitrogens with one attached hydrogen (secondary N) is 2. The van der Waals surface area contributed by atoms with Crippen molar-refractivity contribution in [2.45, 2.75) is 80.2 Å². The number of allylic oxidation sites excluding steroid dienone is 3. The second-order valence-corrected chi connectivity index (χ2v) is 8.04. The van der Waals surface area contributed by atoms with Gasteiger partial charge in [-0.2, -0.15) is 0 Å². The molecule has 0 aliphatic rings. The maximum Gasteiger partial charge on any atom is 0.128 e. The average molecular weight is 402 g/mol. The second kappa shape index (κ2) is 14.0. The zero-order valence-electron chi connectivity index (χ0n) is 19.2. The van der Waals surface area contributed by atoms with E-state index in [0.717, 1.165) is 30.2 Å². The minimum atomic E-state index is -0.182. The van der Waals surface area contributed by atoms with Crippen LogP contribution in [0, 0.1) is 11.7 Å². The van der Waals surface area contributed by atoms with Crippen LogP contribution in [0.2, 0.25) is 0 Å². The van der Waals surface area contributed by atoms with E-state index in [9.17, 15) is 4.39 Å². The number of benzene rings is 1. The predicted octanol–water partition coefficient (Wildman–Crippen LogP) is 6.73. The molecule has 0 aliphatic heterocycles. The summed E-state index contributed by atoms with van der Waals surface area (Å²) in [5, 5.41) is 6.78. The molecular weight excluding hydrogens is 361 g/mol. The molecule has 29 heavy (non-hydrogen) atoms. The Kier molecular flexibility index (Phi) is 12.0. The first-order chi connectivity index (χ1) is 13.8. The topological polar surface area (TPSA) is 36.4 Å². The first kappa shape index (κ1) is 24.9. The molecule has 4 heteroatoms. The minimum Gasteiger partial charge on any atom is -0.384 e. The number of rotatable bonds is 12. The summed E-state index contributed by atoms with van der Waals surface area (Å²) in [6.45, 7) is 14.1. The number of nitrogens with zero attached hydrogens (tertiary/aromatic N) is 1. The summed E-state index contributed by atoms with van der Waals surface area (Å²) >= 11 is 0. The fourth-order valence-corrected chi connectivity index (χ4v) is 2.89. The highest BCUT2D eigenvalue weighted by atomic mass is 19.1. The van der Waals surface area contributed by atoms with Crippen LogP contribution in [0.1, 0.15) is 79.2 Å². The van der Waals surface area contributed by atoms with Gasteiger partial charge in [0.25, 0.3) is 0 Å². The van der Waals surface area contributed by atoms with Crippen molar-refractivity contribution in [3.8, 4) is 0 Å². The summed E-state index contributed by atoms with van der Waals surface area (Å²) in [6, 6.07) is 6.86. The molecule has 1 aromatic rings.